The molecule has 0 radical (unpaired) electrons. The number of hydrogen-bond donors (Lipinski definition) is 1. The van der Waals surface area contributed by atoms with Gasteiger partial charge in [0.15, 0.2) is 11.5 Å². The molecule has 1 N–H and O–H groups in total. The van der Waals surface area contributed by atoms with E-state index in [1.807, 2.05) is 20.9 Å². The highest BCUT2D eigenvalue weighted by Gasteiger charge is 2.23. The zero-order chi connectivity index (χ0) is 25.3. The first-order valence-electron chi connectivity index (χ1n) is 11.4. The molecule has 35 heavy (non-hydrogen) atoms. The second kappa shape index (κ2) is 9.92. The molecule has 0 atom stereocenters. The molecule has 0 aliphatic rings. The van der Waals surface area contributed by atoms with Crippen molar-refractivity contribution in [2.45, 2.75) is 33.6 Å². The molecule has 2 aromatic heterocycles. The van der Waals surface area contributed by atoms with Crippen molar-refractivity contribution in [3.8, 4) is 11.5 Å². The van der Waals surface area contributed by atoms with Crippen molar-refractivity contribution < 1.29 is 14.3 Å². The van der Waals surface area contributed by atoms with E-state index in [0.29, 0.717) is 33.8 Å². The van der Waals surface area contributed by atoms with E-state index in [1.165, 1.54) is 16.9 Å². The lowest BCUT2D eigenvalue weighted by Gasteiger charge is -2.20. The zero-order valence-corrected chi connectivity index (χ0v) is 21.9. The molecule has 2 aromatic carbocycles. The zero-order valence-electron chi connectivity index (χ0n) is 21.1. The Balaban J connectivity index is 1.71. The SMILES string of the molecule is COc1ccc(NC(=O)c2sc3nc(C)nc(N(C)c4ccc(C(C)C)cc4)c3c2C)cc1OC. The molecule has 0 saturated carbocycles. The topological polar surface area (TPSA) is 76.6 Å². The second-order valence-corrected chi connectivity index (χ2v) is 9.66. The number of fused-ring (bicyclic) bond motifs is 1. The van der Waals surface area contributed by atoms with Gasteiger partial charge in [0.25, 0.3) is 5.91 Å². The average molecular weight is 491 g/mol. The molecule has 0 bridgehead atoms. The number of anilines is 3. The molecule has 2 heterocycles. The van der Waals surface area contributed by atoms with Crippen molar-refractivity contribution in [3.05, 3.63) is 64.3 Å². The van der Waals surface area contributed by atoms with Crippen molar-refractivity contribution in [2.24, 2.45) is 0 Å². The number of ether oxygens (including phenoxy) is 2. The first-order valence-corrected chi connectivity index (χ1v) is 12.2. The third-order valence-electron chi connectivity index (χ3n) is 6.00. The van der Waals surface area contributed by atoms with Crippen LogP contribution in [0.3, 0.4) is 0 Å². The summed E-state index contributed by atoms with van der Waals surface area (Å²) in [5, 5.41) is 3.85. The third kappa shape index (κ3) is 4.79. The molecular weight excluding hydrogens is 460 g/mol. The number of carbonyl (C=O) groups excluding carboxylic acids is 1. The van der Waals surface area contributed by atoms with Crippen LogP contribution in [0.5, 0.6) is 11.5 Å². The van der Waals surface area contributed by atoms with Crippen LogP contribution in [-0.2, 0) is 0 Å². The van der Waals surface area contributed by atoms with Crippen LogP contribution in [0, 0.1) is 13.8 Å². The van der Waals surface area contributed by atoms with Gasteiger partial charge in [0, 0.05) is 24.5 Å². The number of rotatable bonds is 7. The van der Waals surface area contributed by atoms with E-state index in [0.717, 1.165) is 27.3 Å². The van der Waals surface area contributed by atoms with E-state index in [2.05, 4.69) is 53.3 Å². The van der Waals surface area contributed by atoms with Crippen LogP contribution in [0.15, 0.2) is 42.5 Å². The summed E-state index contributed by atoms with van der Waals surface area (Å²) in [7, 11) is 5.13. The first kappa shape index (κ1) is 24.5. The lowest BCUT2D eigenvalue weighted by atomic mass is 10.0. The summed E-state index contributed by atoms with van der Waals surface area (Å²) in [4.78, 5) is 26.1. The number of carbonyl (C=O) groups is 1. The summed E-state index contributed by atoms with van der Waals surface area (Å²) in [6.07, 6.45) is 0. The standard InChI is InChI=1S/C27H30N4O3S/c1-15(2)18-8-11-20(12-9-18)31(5)25-23-16(3)24(35-27(23)29-17(4)28-25)26(32)30-19-10-13-21(33-6)22(14-19)34-7/h8-15H,1-7H3,(H,30,32). The van der Waals surface area contributed by atoms with Gasteiger partial charge < -0.3 is 19.7 Å². The number of nitrogens with zero attached hydrogens (tertiary/aromatic N) is 3. The number of hydrogen-bond acceptors (Lipinski definition) is 7. The molecule has 4 aromatic rings. The van der Waals surface area contributed by atoms with Crippen molar-refractivity contribution in [1.29, 1.82) is 0 Å². The number of amides is 1. The minimum absolute atomic E-state index is 0.203. The maximum absolute atomic E-state index is 13.3. The van der Waals surface area contributed by atoms with Gasteiger partial charge in [-0.3, -0.25) is 4.79 Å². The van der Waals surface area contributed by atoms with Crippen molar-refractivity contribution in [2.75, 3.05) is 31.5 Å². The van der Waals surface area contributed by atoms with Gasteiger partial charge in [0.05, 0.1) is 24.5 Å². The van der Waals surface area contributed by atoms with E-state index < -0.39 is 0 Å². The van der Waals surface area contributed by atoms with Gasteiger partial charge in [-0.25, -0.2) is 9.97 Å². The van der Waals surface area contributed by atoms with E-state index in [-0.39, 0.29) is 5.91 Å². The summed E-state index contributed by atoms with van der Waals surface area (Å²) in [6, 6.07) is 13.8. The molecule has 0 saturated heterocycles. The number of aromatic nitrogens is 2. The second-order valence-electron chi connectivity index (χ2n) is 8.66. The summed E-state index contributed by atoms with van der Waals surface area (Å²) >= 11 is 1.37. The predicted octanol–water partition coefficient (Wildman–Crippen LogP) is 6.47. The normalized spacial score (nSPS) is 11.1. The fourth-order valence-electron chi connectivity index (χ4n) is 3.99. The van der Waals surface area contributed by atoms with Gasteiger partial charge in [0.2, 0.25) is 0 Å². The Labute approximate surface area is 209 Å². The summed E-state index contributed by atoms with van der Waals surface area (Å²) in [6.45, 7) is 8.18. The van der Waals surface area contributed by atoms with Crippen molar-refractivity contribution in [1.82, 2.24) is 9.97 Å². The maximum atomic E-state index is 13.3. The van der Waals surface area contributed by atoms with E-state index in [9.17, 15) is 4.79 Å². The fourth-order valence-corrected chi connectivity index (χ4v) is 5.10. The minimum atomic E-state index is -0.203. The van der Waals surface area contributed by atoms with Crippen LogP contribution in [-0.4, -0.2) is 37.1 Å². The number of methoxy groups -OCH3 is 2. The van der Waals surface area contributed by atoms with Gasteiger partial charge in [-0.2, -0.15) is 0 Å². The number of thiophene rings is 1. The summed E-state index contributed by atoms with van der Waals surface area (Å²) in [5.41, 5.74) is 3.78. The van der Waals surface area contributed by atoms with Crippen LogP contribution < -0.4 is 19.7 Å². The van der Waals surface area contributed by atoms with Crippen LogP contribution in [0.25, 0.3) is 10.2 Å². The lowest BCUT2D eigenvalue weighted by Crippen LogP contribution is -2.14. The largest absolute Gasteiger partial charge is 0.493 e. The highest BCUT2D eigenvalue weighted by Crippen LogP contribution is 2.38. The maximum Gasteiger partial charge on any atom is 0.266 e. The Morgan fingerprint density at radius 1 is 1.00 bits per heavy atom. The minimum Gasteiger partial charge on any atom is -0.493 e. The summed E-state index contributed by atoms with van der Waals surface area (Å²) < 4.78 is 10.6. The van der Waals surface area contributed by atoms with Crippen LogP contribution >= 0.6 is 11.3 Å². The van der Waals surface area contributed by atoms with Gasteiger partial charge in [0.1, 0.15) is 16.5 Å². The Bertz CT molecular complexity index is 1380. The number of aryl methyl sites for hydroxylation is 2. The first-order chi connectivity index (χ1) is 16.7. The average Bonchev–Trinajstić information content (AvgIpc) is 3.19. The Hall–Kier alpha value is -3.65. The predicted molar refractivity (Wildman–Crippen MR) is 143 cm³/mol. The Morgan fingerprint density at radius 3 is 2.31 bits per heavy atom. The molecular formula is C27H30N4O3S. The van der Waals surface area contributed by atoms with E-state index in [1.54, 1.807) is 32.4 Å². The van der Waals surface area contributed by atoms with Gasteiger partial charge in [-0.1, -0.05) is 26.0 Å². The monoisotopic (exact) mass is 490 g/mol. The smallest absolute Gasteiger partial charge is 0.266 e. The molecule has 1 amide bonds. The molecule has 0 fully saturated rings. The van der Waals surface area contributed by atoms with Crippen LogP contribution in [0.2, 0.25) is 0 Å². The molecule has 0 unspecified atom stereocenters. The van der Waals surface area contributed by atoms with E-state index in [4.69, 9.17) is 14.5 Å². The quantitative estimate of drug-likeness (QED) is 0.320. The molecule has 7 nitrogen and oxygen atoms in total. The van der Waals surface area contributed by atoms with Gasteiger partial charge in [-0.15, -0.1) is 11.3 Å². The lowest BCUT2D eigenvalue weighted by molar-refractivity contribution is 0.103. The third-order valence-corrected chi connectivity index (χ3v) is 7.18. The molecule has 0 spiro atoms. The fraction of sp³-hybridized carbons (Fsp3) is 0.296. The van der Waals surface area contributed by atoms with E-state index >= 15 is 0 Å². The van der Waals surface area contributed by atoms with Crippen LogP contribution in [0.4, 0.5) is 17.2 Å². The van der Waals surface area contributed by atoms with Gasteiger partial charge >= 0.3 is 0 Å². The highest BCUT2D eigenvalue weighted by atomic mass is 32.1. The molecule has 0 aliphatic heterocycles. The Morgan fingerprint density at radius 2 is 1.69 bits per heavy atom. The van der Waals surface area contributed by atoms with Crippen molar-refractivity contribution >= 4 is 44.7 Å². The molecule has 4 rings (SSSR count). The molecule has 0 aliphatic carbocycles. The van der Waals surface area contributed by atoms with Gasteiger partial charge in [-0.05, 0) is 55.2 Å². The summed E-state index contributed by atoms with van der Waals surface area (Å²) in [5.74, 6) is 2.85. The Kier molecular flexibility index (Phi) is 6.93. The molecule has 8 heteroatoms. The van der Waals surface area contributed by atoms with Crippen LogP contribution in [0.1, 0.15) is 46.4 Å². The number of benzene rings is 2. The number of nitrogens with one attached hydrogen (secondary N) is 1. The highest BCUT2D eigenvalue weighted by molar-refractivity contribution is 7.20. The molecule has 182 valence electrons. The van der Waals surface area contributed by atoms with Crippen molar-refractivity contribution in [3.63, 3.8) is 0 Å².